The lowest BCUT2D eigenvalue weighted by atomic mass is 9.89. The first kappa shape index (κ1) is 34.4. The average molecular weight is 663 g/mol. The first-order valence-electron chi connectivity index (χ1n) is 16.0. The molecule has 3 aromatic carbocycles. The first-order valence-corrected chi connectivity index (χ1v) is 16.0. The molecule has 12 nitrogen and oxygen atoms in total. The molecule has 0 fully saturated rings. The largest absolute Gasteiger partial charge is 0.480 e. The summed E-state index contributed by atoms with van der Waals surface area (Å²) in [6.45, 7) is 1.65. The van der Waals surface area contributed by atoms with E-state index >= 15 is 0 Å². The van der Waals surface area contributed by atoms with Gasteiger partial charge in [-0.15, -0.1) is 0 Å². The molecule has 252 valence electrons. The Morgan fingerprint density at radius 1 is 0.837 bits per heavy atom. The number of amidine groups is 1. The molecule has 5 rings (SSSR count). The highest BCUT2D eigenvalue weighted by Crippen LogP contribution is 2.24. The van der Waals surface area contributed by atoms with Gasteiger partial charge in [-0.25, -0.2) is 14.8 Å². The average Bonchev–Trinajstić information content (AvgIpc) is 3.47. The quantitative estimate of drug-likeness (QED) is 0.150. The van der Waals surface area contributed by atoms with Crippen molar-refractivity contribution in [2.24, 2.45) is 16.6 Å². The van der Waals surface area contributed by atoms with Crippen molar-refractivity contribution in [1.29, 1.82) is 0 Å². The van der Waals surface area contributed by atoms with E-state index in [0.29, 0.717) is 0 Å². The third-order valence-corrected chi connectivity index (χ3v) is 8.30. The highest BCUT2D eigenvalue weighted by molar-refractivity contribution is 6.13. The van der Waals surface area contributed by atoms with Crippen molar-refractivity contribution in [3.05, 3.63) is 119 Å². The van der Waals surface area contributed by atoms with Crippen LogP contribution >= 0.6 is 0 Å². The molecule has 1 aliphatic heterocycles. The van der Waals surface area contributed by atoms with E-state index < -0.39 is 41.6 Å². The Balaban J connectivity index is 1.35. The highest BCUT2D eigenvalue weighted by atomic mass is 16.4. The lowest BCUT2D eigenvalue weighted by Crippen LogP contribution is -2.48. The van der Waals surface area contributed by atoms with E-state index in [1.54, 1.807) is 0 Å². The van der Waals surface area contributed by atoms with Crippen LogP contribution in [0.25, 0.3) is 0 Å². The van der Waals surface area contributed by atoms with Gasteiger partial charge in [0.05, 0.1) is 18.8 Å². The molecular weight excluding hydrogens is 624 g/mol. The summed E-state index contributed by atoms with van der Waals surface area (Å²) in [4.78, 5) is 74.0. The zero-order valence-corrected chi connectivity index (χ0v) is 27.0. The molecule has 0 aliphatic carbocycles. The number of amides is 2. The van der Waals surface area contributed by atoms with Gasteiger partial charge in [0.25, 0.3) is 0 Å². The number of carboxylic acids is 1. The molecule has 0 saturated carbocycles. The number of aliphatic carboxylic acids is 1. The van der Waals surface area contributed by atoms with Gasteiger partial charge in [0.2, 0.25) is 11.8 Å². The van der Waals surface area contributed by atoms with E-state index in [-0.39, 0.29) is 61.8 Å². The maximum Gasteiger partial charge on any atom is 0.326 e. The number of Topliss-reactive ketones (excluding diaryl/α,β-unsaturated/α-hetero) is 2. The minimum atomic E-state index is -1.21. The second-order valence-corrected chi connectivity index (χ2v) is 12.2. The summed E-state index contributed by atoms with van der Waals surface area (Å²) in [7, 11) is 0. The van der Waals surface area contributed by atoms with Crippen LogP contribution in [0.4, 0.5) is 5.82 Å². The molecule has 1 aliphatic rings. The number of ketones is 2. The number of fused-ring (bicyclic) bond motifs is 1. The smallest absolute Gasteiger partial charge is 0.326 e. The fourth-order valence-corrected chi connectivity index (χ4v) is 5.71. The summed E-state index contributed by atoms with van der Waals surface area (Å²) in [6, 6.07) is 23.4. The monoisotopic (exact) mass is 662 g/mol. The van der Waals surface area contributed by atoms with E-state index in [1.807, 2.05) is 91.9 Å². The number of benzene rings is 3. The Bertz CT molecular complexity index is 1850. The van der Waals surface area contributed by atoms with Gasteiger partial charge in [-0.2, -0.15) is 0 Å². The topological polar surface area (TPSA) is 186 Å². The van der Waals surface area contributed by atoms with Gasteiger partial charge in [0.15, 0.2) is 23.1 Å². The van der Waals surface area contributed by atoms with Gasteiger partial charge >= 0.3 is 5.97 Å². The fourth-order valence-electron chi connectivity index (χ4n) is 5.71. The van der Waals surface area contributed by atoms with Crippen LogP contribution in [0.5, 0.6) is 0 Å². The Labute approximate surface area is 283 Å². The molecule has 4 aromatic rings. The normalized spacial score (nSPS) is 14.1. The van der Waals surface area contributed by atoms with Crippen molar-refractivity contribution in [3.63, 3.8) is 0 Å². The van der Waals surface area contributed by atoms with E-state index in [4.69, 9.17) is 5.73 Å². The maximum absolute atomic E-state index is 14.0. The zero-order chi connectivity index (χ0) is 34.9. The Morgan fingerprint density at radius 2 is 1.43 bits per heavy atom. The number of nitrogens with two attached hydrogens (primary N) is 1. The van der Waals surface area contributed by atoms with Gasteiger partial charge < -0.3 is 26.0 Å². The van der Waals surface area contributed by atoms with Crippen molar-refractivity contribution >= 4 is 41.0 Å². The number of hydrogen-bond acceptors (Lipinski definition) is 8. The van der Waals surface area contributed by atoms with Crippen molar-refractivity contribution in [2.45, 2.75) is 57.7 Å². The van der Waals surface area contributed by atoms with Gasteiger partial charge in [-0.1, -0.05) is 90.5 Å². The van der Waals surface area contributed by atoms with Crippen LogP contribution in [0.1, 0.15) is 45.6 Å². The predicted octanol–water partition coefficient (Wildman–Crippen LogP) is 3.12. The van der Waals surface area contributed by atoms with Crippen LogP contribution in [0.3, 0.4) is 0 Å². The Hall–Kier alpha value is -5.91. The predicted molar refractivity (Wildman–Crippen MR) is 182 cm³/mol. The summed E-state index contributed by atoms with van der Waals surface area (Å²) in [5.41, 5.74) is 9.28. The Kier molecular flexibility index (Phi) is 11.1. The summed E-state index contributed by atoms with van der Waals surface area (Å²) >= 11 is 0. The van der Waals surface area contributed by atoms with Gasteiger partial charge in [0, 0.05) is 18.8 Å². The molecule has 3 atom stereocenters. The summed E-state index contributed by atoms with van der Waals surface area (Å²) in [5, 5.41) is 15.5. The number of aryl methyl sites for hydroxylation is 1. The lowest BCUT2D eigenvalue weighted by molar-refractivity contribution is -0.142. The lowest BCUT2D eigenvalue weighted by Gasteiger charge is -2.23. The van der Waals surface area contributed by atoms with E-state index in [2.05, 4.69) is 20.6 Å². The first-order chi connectivity index (χ1) is 23.5. The summed E-state index contributed by atoms with van der Waals surface area (Å²) in [5.74, 6) is -3.64. The van der Waals surface area contributed by atoms with E-state index in [9.17, 15) is 29.1 Å². The number of carbonyl (C=O) groups excluding carboxylic acids is 4. The molecule has 2 heterocycles. The van der Waals surface area contributed by atoms with Crippen LogP contribution in [-0.4, -0.2) is 61.9 Å². The third-order valence-electron chi connectivity index (χ3n) is 8.30. The van der Waals surface area contributed by atoms with Crippen molar-refractivity contribution in [3.8, 4) is 0 Å². The van der Waals surface area contributed by atoms with Gasteiger partial charge in [-0.05, 0) is 36.5 Å². The summed E-state index contributed by atoms with van der Waals surface area (Å²) in [6.07, 6.45) is 1.41. The van der Waals surface area contributed by atoms with Gasteiger partial charge in [0.1, 0.15) is 18.4 Å². The second kappa shape index (κ2) is 15.8. The number of carbonyl (C=O) groups is 5. The molecule has 49 heavy (non-hydrogen) atoms. The molecule has 0 spiro atoms. The number of rotatable bonds is 15. The SMILES string of the molecule is Cc1ccc(CC(NC(=O)C(CC(=O)C(Cc2ccccc2)NC(=O)Cn2cnc3c2N=C(N)CC3=O)Cc2ccccc2)C(=O)O)cc1. The molecular formula is C37H38N6O6. The molecule has 12 heteroatoms. The third kappa shape index (κ3) is 9.34. The number of nitrogens with one attached hydrogen (secondary N) is 2. The maximum atomic E-state index is 14.0. The number of aliphatic imine (C=N–C) groups is 1. The highest BCUT2D eigenvalue weighted by Gasteiger charge is 2.31. The fraction of sp³-hybridized carbons (Fsp3) is 0.270. The number of imidazole rings is 1. The van der Waals surface area contributed by atoms with Crippen molar-refractivity contribution in [1.82, 2.24) is 20.2 Å². The number of nitrogens with zero attached hydrogens (tertiary/aromatic N) is 3. The van der Waals surface area contributed by atoms with Crippen molar-refractivity contribution in [2.75, 3.05) is 0 Å². The van der Waals surface area contributed by atoms with Crippen molar-refractivity contribution < 1.29 is 29.1 Å². The van der Waals surface area contributed by atoms with E-state index in [0.717, 1.165) is 22.3 Å². The van der Waals surface area contributed by atoms with E-state index in [1.165, 1.54) is 10.9 Å². The molecule has 5 N–H and O–H groups in total. The molecule has 2 amide bonds. The zero-order valence-electron chi connectivity index (χ0n) is 27.0. The van der Waals surface area contributed by atoms with Crippen LogP contribution in [0.2, 0.25) is 0 Å². The molecule has 0 bridgehead atoms. The van der Waals surface area contributed by atoms with Gasteiger partial charge in [-0.3, -0.25) is 19.2 Å². The number of hydrogen-bond donors (Lipinski definition) is 4. The van der Waals surface area contributed by atoms with Crippen LogP contribution in [0, 0.1) is 12.8 Å². The molecule has 0 radical (unpaired) electrons. The second-order valence-electron chi connectivity index (χ2n) is 12.2. The Morgan fingerprint density at radius 3 is 2.06 bits per heavy atom. The van der Waals surface area contributed by atoms with Crippen LogP contribution < -0.4 is 16.4 Å². The van der Waals surface area contributed by atoms with Crippen LogP contribution in [-0.2, 0) is 45.0 Å². The standard InChI is InChI=1S/C37H38N6O6/c1-23-12-14-26(15-13-23)18-29(37(48)49)41-36(47)27(16-24-8-4-2-5-9-24)19-30(44)28(17-25-10-6-3-7-11-25)40-33(46)21-43-22-39-34-31(45)20-32(38)42-35(34)43/h2-15,22,27-29H,16-21H2,1H3,(H2,38,42)(H,40,46)(H,41,47)(H,48,49). The van der Waals surface area contributed by atoms with Crippen LogP contribution in [0.15, 0.2) is 96.2 Å². The number of carboxylic acid groups (broad SMARTS) is 1. The minimum Gasteiger partial charge on any atom is -0.480 e. The molecule has 1 aromatic heterocycles. The number of aromatic nitrogens is 2. The summed E-state index contributed by atoms with van der Waals surface area (Å²) < 4.78 is 1.39. The minimum absolute atomic E-state index is 0.0548. The molecule has 0 saturated heterocycles. The molecule has 3 unspecified atom stereocenters.